The highest BCUT2D eigenvalue weighted by Crippen LogP contribution is 2.37. The molecule has 8 heteroatoms. The SMILES string of the molecule is C=CCOC(=O)N1CCC(O)(C(F)(F)C(=O)O)C1. The Morgan fingerprint density at radius 1 is 1.56 bits per heavy atom. The summed E-state index contributed by atoms with van der Waals surface area (Å²) in [5.41, 5.74) is -2.77. The van der Waals surface area contributed by atoms with Crippen LogP contribution in [0.1, 0.15) is 6.42 Å². The minimum Gasteiger partial charge on any atom is -0.477 e. The van der Waals surface area contributed by atoms with E-state index in [-0.39, 0.29) is 13.2 Å². The maximum Gasteiger partial charge on any atom is 0.410 e. The van der Waals surface area contributed by atoms with Gasteiger partial charge in [-0.2, -0.15) is 8.78 Å². The number of carbonyl (C=O) groups excluding carboxylic acids is 1. The number of hydrogen-bond acceptors (Lipinski definition) is 4. The molecule has 0 saturated carbocycles. The molecule has 0 bridgehead atoms. The number of carboxylic acids is 1. The Labute approximate surface area is 101 Å². The Balaban J connectivity index is 2.73. The van der Waals surface area contributed by atoms with Crippen LogP contribution in [0.4, 0.5) is 13.6 Å². The van der Waals surface area contributed by atoms with E-state index in [0.717, 1.165) is 4.90 Å². The third-order valence-electron chi connectivity index (χ3n) is 2.68. The number of amides is 1. The topological polar surface area (TPSA) is 87.1 Å². The minimum absolute atomic E-state index is 0.0942. The first kappa shape index (κ1) is 14.4. The van der Waals surface area contributed by atoms with E-state index in [1.807, 2.05) is 0 Å². The summed E-state index contributed by atoms with van der Waals surface area (Å²) in [6.07, 6.45) is -0.131. The van der Waals surface area contributed by atoms with Gasteiger partial charge in [-0.25, -0.2) is 9.59 Å². The summed E-state index contributed by atoms with van der Waals surface area (Å²) in [7, 11) is 0. The van der Waals surface area contributed by atoms with Crippen LogP contribution in [-0.2, 0) is 9.53 Å². The van der Waals surface area contributed by atoms with E-state index >= 15 is 0 Å². The maximum absolute atomic E-state index is 13.3. The quantitative estimate of drug-likeness (QED) is 0.721. The van der Waals surface area contributed by atoms with E-state index in [2.05, 4.69) is 11.3 Å². The molecule has 1 fully saturated rings. The zero-order valence-electron chi connectivity index (χ0n) is 9.44. The summed E-state index contributed by atoms with van der Waals surface area (Å²) < 4.78 is 31.2. The Morgan fingerprint density at radius 3 is 2.67 bits per heavy atom. The number of carboxylic acid groups (broad SMARTS) is 1. The van der Waals surface area contributed by atoms with Gasteiger partial charge in [0.1, 0.15) is 6.61 Å². The molecular weight excluding hydrogens is 252 g/mol. The number of rotatable bonds is 4. The molecule has 0 aromatic carbocycles. The van der Waals surface area contributed by atoms with Gasteiger partial charge < -0.3 is 19.8 Å². The number of aliphatic hydroxyl groups is 1. The monoisotopic (exact) mass is 265 g/mol. The molecule has 0 aliphatic carbocycles. The highest BCUT2D eigenvalue weighted by atomic mass is 19.3. The van der Waals surface area contributed by atoms with Crippen molar-refractivity contribution in [3.8, 4) is 0 Å². The summed E-state index contributed by atoms with van der Waals surface area (Å²) in [4.78, 5) is 22.6. The molecule has 0 radical (unpaired) electrons. The fraction of sp³-hybridized carbons (Fsp3) is 0.600. The van der Waals surface area contributed by atoms with Gasteiger partial charge in [0.15, 0.2) is 5.60 Å². The molecule has 0 spiro atoms. The molecule has 1 unspecified atom stereocenters. The lowest BCUT2D eigenvalue weighted by atomic mass is 9.95. The number of aliphatic carboxylic acids is 1. The van der Waals surface area contributed by atoms with Gasteiger partial charge in [0.25, 0.3) is 0 Å². The first-order chi connectivity index (χ1) is 8.24. The van der Waals surface area contributed by atoms with Gasteiger partial charge in [-0.15, -0.1) is 0 Å². The zero-order chi connectivity index (χ0) is 14.0. The lowest BCUT2D eigenvalue weighted by Crippen LogP contribution is -2.55. The second kappa shape index (κ2) is 4.89. The van der Waals surface area contributed by atoms with E-state index < -0.39 is 36.6 Å². The van der Waals surface area contributed by atoms with Crippen molar-refractivity contribution in [1.82, 2.24) is 4.90 Å². The fourth-order valence-corrected chi connectivity index (χ4v) is 1.63. The van der Waals surface area contributed by atoms with Gasteiger partial charge in [-0.3, -0.25) is 0 Å². The van der Waals surface area contributed by atoms with Gasteiger partial charge >= 0.3 is 18.0 Å². The second-order valence-corrected chi connectivity index (χ2v) is 3.95. The van der Waals surface area contributed by atoms with Gasteiger partial charge in [0.05, 0.1) is 6.54 Å². The fourth-order valence-electron chi connectivity index (χ4n) is 1.63. The third kappa shape index (κ3) is 2.42. The molecule has 1 rings (SSSR count). The molecule has 18 heavy (non-hydrogen) atoms. The van der Waals surface area contributed by atoms with Gasteiger partial charge in [-0.1, -0.05) is 12.7 Å². The molecule has 2 N–H and O–H groups in total. The number of halogens is 2. The number of β-amino-alcohol motifs (C(OH)–C–C–N with tert-alkyl or cyclic N) is 1. The number of nitrogens with zero attached hydrogens (tertiary/aromatic N) is 1. The van der Waals surface area contributed by atoms with Crippen molar-refractivity contribution in [3.63, 3.8) is 0 Å². The van der Waals surface area contributed by atoms with Crippen molar-refractivity contribution in [2.24, 2.45) is 0 Å². The first-order valence-electron chi connectivity index (χ1n) is 5.11. The molecule has 1 heterocycles. The molecule has 1 aliphatic rings. The summed E-state index contributed by atoms with van der Waals surface area (Å²) in [5.74, 6) is -6.74. The molecule has 1 atom stereocenters. The van der Waals surface area contributed by atoms with Gasteiger partial charge in [0, 0.05) is 13.0 Å². The summed E-state index contributed by atoms with van der Waals surface area (Å²) in [6, 6.07) is 0. The van der Waals surface area contributed by atoms with Crippen LogP contribution in [0, 0.1) is 0 Å². The standard InChI is InChI=1S/C10H13F2NO5/c1-2-5-18-8(16)13-4-3-9(17,6-13)10(11,12)7(14)15/h2,17H,1,3-6H2,(H,14,15). The van der Waals surface area contributed by atoms with Crippen molar-refractivity contribution in [3.05, 3.63) is 12.7 Å². The summed E-state index contributed by atoms with van der Waals surface area (Å²) in [6.45, 7) is 2.22. The van der Waals surface area contributed by atoms with Crippen molar-refractivity contribution >= 4 is 12.1 Å². The van der Waals surface area contributed by atoms with E-state index in [0.29, 0.717) is 0 Å². The number of ether oxygens (including phenoxy) is 1. The Kier molecular flexibility index (Phi) is 3.90. The van der Waals surface area contributed by atoms with Gasteiger partial charge in [-0.05, 0) is 0 Å². The third-order valence-corrected chi connectivity index (χ3v) is 2.68. The molecule has 0 aromatic rings. The van der Waals surface area contributed by atoms with Gasteiger partial charge in [0.2, 0.25) is 0 Å². The van der Waals surface area contributed by atoms with Crippen LogP contribution < -0.4 is 0 Å². The average molecular weight is 265 g/mol. The van der Waals surface area contributed by atoms with Crippen LogP contribution in [-0.4, -0.2) is 58.4 Å². The van der Waals surface area contributed by atoms with Crippen LogP contribution in [0.5, 0.6) is 0 Å². The molecule has 6 nitrogen and oxygen atoms in total. The minimum atomic E-state index is -4.32. The largest absolute Gasteiger partial charge is 0.477 e. The van der Waals surface area contributed by atoms with E-state index in [9.17, 15) is 23.5 Å². The Hall–Kier alpha value is -1.70. The predicted molar refractivity (Wildman–Crippen MR) is 55.3 cm³/mol. The summed E-state index contributed by atoms with van der Waals surface area (Å²) >= 11 is 0. The average Bonchev–Trinajstić information content (AvgIpc) is 2.70. The van der Waals surface area contributed by atoms with Crippen LogP contribution >= 0.6 is 0 Å². The highest BCUT2D eigenvalue weighted by molar-refractivity contribution is 5.78. The molecular formula is C10H13F2NO5. The van der Waals surface area contributed by atoms with Crippen LogP contribution in [0.25, 0.3) is 0 Å². The van der Waals surface area contributed by atoms with Crippen molar-refractivity contribution in [2.45, 2.75) is 17.9 Å². The van der Waals surface area contributed by atoms with E-state index in [1.165, 1.54) is 6.08 Å². The Bertz CT molecular complexity index is 373. The molecule has 0 aromatic heterocycles. The van der Waals surface area contributed by atoms with Crippen LogP contribution in [0.2, 0.25) is 0 Å². The number of likely N-dealkylation sites (tertiary alicyclic amines) is 1. The second-order valence-electron chi connectivity index (χ2n) is 3.95. The smallest absolute Gasteiger partial charge is 0.410 e. The lowest BCUT2D eigenvalue weighted by molar-refractivity contribution is -0.204. The number of carbonyl (C=O) groups is 2. The van der Waals surface area contributed by atoms with Crippen LogP contribution in [0.3, 0.4) is 0 Å². The highest BCUT2D eigenvalue weighted by Gasteiger charge is 2.62. The first-order valence-corrected chi connectivity index (χ1v) is 5.11. The van der Waals surface area contributed by atoms with Crippen molar-refractivity contribution < 1.29 is 33.3 Å². The van der Waals surface area contributed by atoms with Crippen LogP contribution in [0.15, 0.2) is 12.7 Å². The maximum atomic E-state index is 13.3. The van der Waals surface area contributed by atoms with Crippen molar-refractivity contribution in [2.75, 3.05) is 19.7 Å². The van der Waals surface area contributed by atoms with E-state index in [1.54, 1.807) is 0 Å². The summed E-state index contributed by atoms with van der Waals surface area (Å²) in [5, 5.41) is 18.0. The molecule has 1 amide bonds. The lowest BCUT2D eigenvalue weighted by Gasteiger charge is -2.28. The zero-order valence-corrected chi connectivity index (χ0v) is 9.44. The normalized spacial score (nSPS) is 23.8. The molecule has 1 saturated heterocycles. The van der Waals surface area contributed by atoms with Crippen molar-refractivity contribution in [1.29, 1.82) is 0 Å². The molecule has 1 aliphatic heterocycles. The molecule has 102 valence electrons. The van der Waals surface area contributed by atoms with E-state index in [4.69, 9.17) is 5.11 Å². The number of alkyl halides is 2. The number of hydrogen-bond donors (Lipinski definition) is 2. The Morgan fingerprint density at radius 2 is 2.17 bits per heavy atom. The predicted octanol–water partition coefficient (Wildman–Crippen LogP) is 0.466.